The molecule has 44 heavy (non-hydrogen) atoms. The van der Waals surface area contributed by atoms with Crippen molar-refractivity contribution >= 4 is 85.3 Å². The van der Waals surface area contributed by atoms with Gasteiger partial charge in [0.25, 0.3) is 30.4 Å². The lowest BCUT2D eigenvalue weighted by molar-refractivity contribution is 0.473. The van der Waals surface area contributed by atoms with Crippen LogP contribution < -0.4 is 10.6 Å². The molecule has 18 nitrogen and oxygen atoms in total. The molecular weight excluding hydrogens is 669 g/mol. The van der Waals surface area contributed by atoms with Crippen LogP contribution in [0.4, 0.5) is 17.5 Å². The summed E-state index contributed by atoms with van der Waals surface area (Å²) in [6.07, 6.45) is 4.21. The predicted octanol–water partition coefficient (Wildman–Crippen LogP) is 1.67. The fourth-order valence-corrected chi connectivity index (χ4v) is 7.85. The molecule has 0 radical (unpaired) electrons. The third-order valence-corrected chi connectivity index (χ3v) is 9.91. The van der Waals surface area contributed by atoms with Gasteiger partial charge in [-0.2, -0.15) is 37.6 Å². The normalized spacial score (nSPS) is 17.2. The number of nitrogens with one attached hydrogen (secondary N) is 3. The van der Waals surface area contributed by atoms with E-state index in [4.69, 9.17) is 0 Å². The first-order valence-corrected chi connectivity index (χ1v) is 17.4. The minimum absolute atomic E-state index is 0.0419. The summed E-state index contributed by atoms with van der Waals surface area (Å²) in [5, 5.41) is 4.71. The van der Waals surface area contributed by atoms with Crippen molar-refractivity contribution in [3.8, 4) is 0 Å². The number of amidine groups is 1. The Hall–Kier alpha value is -4.42. The topological polar surface area (TPSA) is 287 Å². The lowest BCUT2D eigenvalue weighted by Gasteiger charge is -2.14. The number of H-pyrrole nitrogens is 1. The molecule has 230 valence electrons. The van der Waals surface area contributed by atoms with E-state index in [0.29, 0.717) is 0 Å². The van der Waals surface area contributed by atoms with Crippen molar-refractivity contribution in [1.29, 1.82) is 0 Å². The van der Waals surface area contributed by atoms with Crippen LogP contribution in [0.15, 0.2) is 85.8 Å². The van der Waals surface area contributed by atoms with Crippen molar-refractivity contribution < 1.29 is 51.9 Å². The molecule has 0 amide bonds. The molecule has 1 aromatic carbocycles. The number of aliphatic imine (C=N–C) groups is 2. The molecule has 0 saturated carbocycles. The van der Waals surface area contributed by atoms with E-state index < -0.39 is 89.8 Å². The number of fused-ring (bicyclic) bond motifs is 9. The second-order valence-corrected chi connectivity index (χ2v) is 14.5. The van der Waals surface area contributed by atoms with Gasteiger partial charge in [-0.25, -0.2) is 9.98 Å². The van der Waals surface area contributed by atoms with Crippen LogP contribution in [0, 0.1) is 0 Å². The lowest BCUT2D eigenvalue weighted by atomic mass is 10.1. The molecule has 6 rings (SSSR count). The van der Waals surface area contributed by atoms with E-state index >= 15 is 0 Å². The number of aromatic amines is 1. The minimum atomic E-state index is -5.53. The van der Waals surface area contributed by atoms with Crippen LogP contribution in [0.1, 0.15) is 5.69 Å². The van der Waals surface area contributed by atoms with E-state index in [9.17, 15) is 51.9 Å². The molecule has 0 unspecified atom stereocenters. The van der Waals surface area contributed by atoms with E-state index in [1.54, 1.807) is 0 Å². The Labute approximate surface area is 247 Å². The Morgan fingerprint density at radius 1 is 0.682 bits per heavy atom. The third kappa shape index (κ3) is 4.97. The molecule has 3 aliphatic rings. The Morgan fingerprint density at radius 2 is 1.30 bits per heavy atom. The minimum Gasteiger partial charge on any atom is -0.327 e. The van der Waals surface area contributed by atoms with Crippen molar-refractivity contribution in [2.24, 2.45) is 9.98 Å². The highest BCUT2D eigenvalue weighted by Gasteiger charge is 2.36. The average Bonchev–Trinajstić information content (AvgIpc) is 3.65. The van der Waals surface area contributed by atoms with Crippen molar-refractivity contribution in [1.82, 2.24) is 8.96 Å². The zero-order valence-electron chi connectivity index (χ0n) is 21.2. The number of hydrogen-bond acceptors (Lipinski definition) is 12. The van der Waals surface area contributed by atoms with E-state index in [1.165, 1.54) is 30.3 Å². The van der Waals surface area contributed by atoms with Gasteiger partial charge in [-0.3, -0.25) is 18.2 Å². The summed E-state index contributed by atoms with van der Waals surface area (Å²) in [6, 6.07) is 6.06. The maximum atomic E-state index is 12.9. The molecular formula is C22H16N6O12S4. The summed E-state index contributed by atoms with van der Waals surface area (Å²) in [5.74, 6) is -1.55. The Kier molecular flexibility index (Phi) is 6.43. The van der Waals surface area contributed by atoms with Gasteiger partial charge in [0.2, 0.25) is 0 Å². The number of benzene rings is 1. The van der Waals surface area contributed by atoms with Gasteiger partial charge in [0.05, 0.1) is 22.8 Å². The van der Waals surface area contributed by atoms with E-state index in [-0.39, 0.29) is 26.4 Å². The molecule has 0 atom stereocenters. The van der Waals surface area contributed by atoms with Crippen LogP contribution >= 0.6 is 0 Å². The summed E-state index contributed by atoms with van der Waals surface area (Å²) in [7, 11) is -21.2. The second kappa shape index (κ2) is 9.54. The summed E-state index contributed by atoms with van der Waals surface area (Å²) in [4.78, 5) is 7.54. The predicted molar refractivity (Wildman–Crippen MR) is 157 cm³/mol. The largest absolute Gasteiger partial charge is 0.365 e. The van der Waals surface area contributed by atoms with E-state index in [0.717, 1.165) is 24.3 Å². The number of rotatable bonds is 4. The van der Waals surface area contributed by atoms with Gasteiger partial charge in [0.15, 0.2) is 0 Å². The van der Waals surface area contributed by atoms with Gasteiger partial charge < -0.3 is 15.6 Å². The monoisotopic (exact) mass is 684 g/mol. The van der Waals surface area contributed by atoms with E-state index in [2.05, 4.69) is 25.6 Å². The molecule has 2 aromatic heterocycles. The van der Waals surface area contributed by atoms with Gasteiger partial charge in [-0.05, 0) is 24.3 Å². The Balaban J connectivity index is 1.84. The molecule has 3 aliphatic heterocycles. The molecule has 0 saturated heterocycles. The SMILES string of the molecule is O=S(=O)(O)C1=C2C=CC(=N2)Nc2cc(S(=O)(=O)O)c([nH]2)Nc2c3ccccc3c(n2S(=O)(=O)O)C(S(=O)(=O)O)=C2C=CC1=N2. The van der Waals surface area contributed by atoms with Gasteiger partial charge in [-0.1, -0.05) is 24.3 Å². The molecule has 3 aromatic rings. The quantitative estimate of drug-likeness (QED) is 0.193. The van der Waals surface area contributed by atoms with Crippen LogP contribution in [-0.4, -0.2) is 72.4 Å². The van der Waals surface area contributed by atoms with Crippen LogP contribution in [0.5, 0.6) is 0 Å². The highest BCUT2D eigenvalue weighted by molar-refractivity contribution is 7.95. The van der Waals surface area contributed by atoms with Crippen LogP contribution in [0.2, 0.25) is 0 Å². The fraction of sp³-hybridized carbons (Fsp3) is 0. The maximum Gasteiger partial charge on any atom is 0.365 e. The van der Waals surface area contributed by atoms with Crippen molar-refractivity contribution in [3.63, 3.8) is 0 Å². The molecule has 0 aliphatic carbocycles. The molecule has 0 fully saturated rings. The van der Waals surface area contributed by atoms with Crippen molar-refractivity contribution in [2.45, 2.75) is 4.90 Å². The summed E-state index contributed by atoms with van der Waals surface area (Å²) in [6.45, 7) is 0. The van der Waals surface area contributed by atoms with Crippen molar-refractivity contribution in [3.05, 3.63) is 76.6 Å². The Morgan fingerprint density at radius 3 is 1.91 bits per heavy atom. The fourth-order valence-electron chi connectivity index (χ4n) is 4.79. The lowest BCUT2D eigenvalue weighted by Crippen LogP contribution is -2.19. The van der Waals surface area contributed by atoms with E-state index in [1.807, 2.05) is 0 Å². The van der Waals surface area contributed by atoms with Crippen LogP contribution in [-0.2, 0) is 40.7 Å². The summed E-state index contributed by atoms with van der Waals surface area (Å²) < 4.78 is 142. The standard InChI is InChI=1S/C22H16N6O12S4/c29-41(30,31)15-9-17-25-16-8-7-13(24-16)19(42(32,33)34)12-5-6-14(23-12)20(43(35,36)37)18-10-3-1-2-4-11(10)22(27-21(15)26-17)28(18)44(38,39)40/h1-9,26-27H,(H,24,25)(H,29,30,31)(H,32,33,34)(H,35,36,37)(H,38,39,40). The molecule has 22 heteroatoms. The smallest absolute Gasteiger partial charge is 0.327 e. The average molecular weight is 685 g/mol. The number of allylic oxidation sites excluding steroid dienone is 4. The van der Waals surface area contributed by atoms with Crippen molar-refractivity contribution in [2.75, 3.05) is 10.6 Å². The summed E-state index contributed by atoms with van der Waals surface area (Å²) in [5.41, 5.74) is -2.59. The van der Waals surface area contributed by atoms with Crippen LogP contribution in [0.25, 0.3) is 15.7 Å². The zero-order valence-corrected chi connectivity index (χ0v) is 24.5. The second-order valence-electron chi connectivity index (χ2n) is 9.17. The highest BCUT2D eigenvalue weighted by Crippen LogP contribution is 2.42. The number of anilines is 3. The molecule has 8 bridgehead atoms. The Bertz CT molecular complexity index is 2480. The molecule has 7 N–H and O–H groups in total. The number of nitrogens with zero attached hydrogens (tertiary/aromatic N) is 3. The first-order chi connectivity index (χ1) is 20.3. The third-order valence-electron chi connectivity index (χ3n) is 6.35. The molecule has 0 spiro atoms. The van der Waals surface area contributed by atoms with Gasteiger partial charge in [0.1, 0.15) is 38.0 Å². The first kappa shape index (κ1) is 29.6. The number of hydrogen-bond donors (Lipinski definition) is 7. The van der Waals surface area contributed by atoms with Crippen LogP contribution in [0.3, 0.4) is 0 Å². The van der Waals surface area contributed by atoms with Gasteiger partial charge in [0, 0.05) is 16.8 Å². The highest BCUT2D eigenvalue weighted by atomic mass is 32.2. The van der Waals surface area contributed by atoms with Gasteiger partial charge >= 0.3 is 10.3 Å². The first-order valence-electron chi connectivity index (χ1n) is 11.7. The number of aromatic nitrogens is 2. The summed E-state index contributed by atoms with van der Waals surface area (Å²) >= 11 is 0. The molecule has 5 heterocycles. The zero-order chi connectivity index (χ0) is 32.0. The van der Waals surface area contributed by atoms with Gasteiger partial charge in [-0.15, -0.1) is 0 Å². The maximum absolute atomic E-state index is 12.9.